The molecule has 22 heavy (non-hydrogen) atoms. The molecular formula is C15H15N3O3S. The fraction of sp³-hybridized carbons (Fsp3) is 0.267. The van der Waals surface area contributed by atoms with E-state index in [1.54, 1.807) is 11.3 Å². The maximum absolute atomic E-state index is 11.8. The van der Waals surface area contributed by atoms with Crippen molar-refractivity contribution in [1.29, 1.82) is 0 Å². The molecule has 0 saturated heterocycles. The zero-order valence-electron chi connectivity index (χ0n) is 12.0. The summed E-state index contributed by atoms with van der Waals surface area (Å²) in [4.78, 5) is 16.0. The normalized spacial score (nSPS) is 10.8. The van der Waals surface area contributed by atoms with Gasteiger partial charge in [0.2, 0.25) is 5.91 Å². The van der Waals surface area contributed by atoms with Crippen LogP contribution >= 0.6 is 11.3 Å². The molecule has 3 aromatic heterocycles. The van der Waals surface area contributed by atoms with Crippen molar-refractivity contribution in [2.45, 2.75) is 26.3 Å². The molecule has 0 spiro atoms. The fourth-order valence-electron chi connectivity index (χ4n) is 1.95. The van der Waals surface area contributed by atoms with Crippen LogP contribution in [0.4, 0.5) is 0 Å². The zero-order chi connectivity index (χ0) is 15.4. The Balaban J connectivity index is 1.47. The first-order chi connectivity index (χ1) is 10.7. The summed E-state index contributed by atoms with van der Waals surface area (Å²) in [7, 11) is 0. The lowest BCUT2D eigenvalue weighted by molar-refractivity contribution is -0.121. The number of nitrogens with one attached hydrogen (secondary N) is 1. The van der Waals surface area contributed by atoms with Crippen molar-refractivity contribution in [1.82, 2.24) is 15.5 Å². The Bertz CT molecular complexity index is 746. The second-order valence-corrected chi connectivity index (χ2v) is 5.60. The molecule has 114 valence electrons. The molecule has 0 atom stereocenters. The topological polar surface area (TPSA) is 81.2 Å². The van der Waals surface area contributed by atoms with Crippen LogP contribution in [0.1, 0.15) is 23.8 Å². The molecule has 3 heterocycles. The van der Waals surface area contributed by atoms with Crippen molar-refractivity contribution in [3.63, 3.8) is 0 Å². The highest BCUT2D eigenvalue weighted by atomic mass is 32.1. The Morgan fingerprint density at radius 1 is 1.36 bits per heavy atom. The lowest BCUT2D eigenvalue weighted by Crippen LogP contribution is -2.23. The maximum Gasteiger partial charge on any atom is 0.258 e. The lowest BCUT2D eigenvalue weighted by atomic mass is 10.2. The molecule has 0 saturated carbocycles. The van der Waals surface area contributed by atoms with Crippen LogP contribution in [0.3, 0.4) is 0 Å². The van der Waals surface area contributed by atoms with Crippen molar-refractivity contribution in [3.8, 4) is 11.5 Å². The smallest absolute Gasteiger partial charge is 0.258 e. The van der Waals surface area contributed by atoms with E-state index in [4.69, 9.17) is 8.94 Å². The highest BCUT2D eigenvalue weighted by Gasteiger charge is 2.10. The van der Waals surface area contributed by atoms with Gasteiger partial charge in [0.1, 0.15) is 11.5 Å². The second kappa shape index (κ2) is 6.57. The second-order valence-electron chi connectivity index (χ2n) is 4.82. The third-order valence-electron chi connectivity index (χ3n) is 3.07. The lowest BCUT2D eigenvalue weighted by Gasteiger charge is -2.00. The molecule has 0 aliphatic rings. The molecule has 1 amide bonds. The zero-order valence-corrected chi connectivity index (χ0v) is 12.9. The molecule has 0 aliphatic heterocycles. The van der Waals surface area contributed by atoms with Gasteiger partial charge in [-0.25, -0.2) is 0 Å². The summed E-state index contributed by atoms with van der Waals surface area (Å²) in [6.07, 6.45) is 0.939. The molecule has 7 heteroatoms. The Morgan fingerprint density at radius 2 is 2.27 bits per heavy atom. The van der Waals surface area contributed by atoms with Crippen molar-refractivity contribution in [2.24, 2.45) is 0 Å². The van der Waals surface area contributed by atoms with E-state index in [2.05, 4.69) is 15.5 Å². The first kappa shape index (κ1) is 14.5. The SMILES string of the molecule is Cc1ccc(CCC(=O)NCc2noc(-c3ccsc3)n2)o1. The van der Waals surface area contributed by atoms with Crippen LogP contribution in [0.2, 0.25) is 0 Å². The number of rotatable bonds is 6. The summed E-state index contributed by atoms with van der Waals surface area (Å²) in [6.45, 7) is 2.13. The molecular weight excluding hydrogens is 302 g/mol. The Labute approximate surface area is 131 Å². The van der Waals surface area contributed by atoms with Crippen LogP contribution < -0.4 is 5.32 Å². The Morgan fingerprint density at radius 3 is 3.00 bits per heavy atom. The largest absolute Gasteiger partial charge is 0.466 e. The van der Waals surface area contributed by atoms with Crippen molar-refractivity contribution >= 4 is 17.2 Å². The van der Waals surface area contributed by atoms with E-state index < -0.39 is 0 Å². The van der Waals surface area contributed by atoms with Gasteiger partial charge in [0.15, 0.2) is 5.82 Å². The van der Waals surface area contributed by atoms with E-state index in [1.807, 2.05) is 35.9 Å². The quantitative estimate of drug-likeness (QED) is 0.756. The monoisotopic (exact) mass is 317 g/mol. The molecule has 3 aromatic rings. The highest BCUT2D eigenvalue weighted by molar-refractivity contribution is 7.08. The summed E-state index contributed by atoms with van der Waals surface area (Å²) in [5.74, 6) is 2.52. The number of carbonyl (C=O) groups is 1. The van der Waals surface area contributed by atoms with Gasteiger partial charge < -0.3 is 14.3 Å². The van der Waals surface area contributed by atoms with Crippen LogP contribution in [-0.4, -0.2) is 16.0 Å². The molecule has 0 bridgehead atoms. The first-order valence-corrected chi connectivity index (χ1v) is 7.82. The van der Waals surface area contributed by atoms with E-state index in [-0.39, 0.29) is 12.5 Å². The number of aryl methyl sites for hydroxylation is 2. The first-order valence-electron chi connectivity index (χ1n) is 6.88. The van der Waals surface area contributed by atoms with Gasteiger partial charge in [-0.3, -0.25) is 4.79 Å². The number of furan rings is 1. The van der Waals surface area contributed by atoms with Crippen LogP contribution in [-0.2, 0) is 17.8 Å². The summed E-state index contributed by atoms with van der Waals surface area (Å²) in [5.41, 5.74) is 0.892. The molecule has 0 radical (unpaired) electrons. The summed E-state index contributed by atoms with van der Waals surface area (Å²) in [6, 6.07) is 5.68. The molecule has 0 aromatic carbocycles. The number of nitrogens with zero attached hydrogens (tertiary/aromatic N) is 2. The predicted molar refractivity (Wildman–Crippen MR) is 81.2 cm³/mol. The van der Waals surface area contributed by atoms with Gasteiger partial charge in [0.25, 0.3) is 5.89 Å². The third kappa shape index (κ3) is 3.62. The molecule has 0 unspecified atom stereocenters. The summed E-state index contributed by atoms with van der Waals surface area (Å²) >= 11 is 1.56. The minimum atomic E-state index is -0.0732. The highest BCUT2D eigenvalue weighted by Crippen LogP contribution is 2.19. The standard InChI is InChI=1S/C15H15N3O3S/c1-10-2-3-12(20-10)4-5-14(19)16-8-13-17-15(21-18-13)11-6-7-22-9-11/h2-3,6-7,9H,4-5,8H2,1H3,(H,16,19). The van der Waals surface area contributed by atoms with E-state index in [0.29, 0.717) is 24.6 Å². The van der Waals surface area contributed by atoms with Crippen LogP contribution in [0, 0.1) is 6.92 Å². The average Bonchev–Trinajstić information content (AvgIpc) is 3.23. The summed E-state index contributed by atoms with van der Waals surface area (Å²) in [5, 5.41) is 10.5. The third-order valence-corrected chi connectivity index (χ3v) is 3.76. The van der Waals surface area contributed by atoms with Gasteiger partial charge in [-0.1, -0.05) is 5.16 Å². The molecule has 0 fully saturated rings. The van der Waals surface area contributed by atoms with E-state index in [0.717, 1.165) is 17.1 Å². The average molecular weight is 317 g/mol. The van der Waals surface area contributed by atoms with E-state index in [9.17, 15) is 4.79 Å². The van der Waals surface area contributed by atoms with Gasteiger partial charge >= 0.3 is 0 Å². The molecule has 6 nitrogen and oxygen atoms in total. The molecule has 3 rings (SSSR count). The minimum absolute atomic E-state index is 0.0732. The van der Waals surface area contributed by atoms with Crippen LogP contribution in [0.25, 0.3) is 11.5 Å². The summed E-state index contributed by atoms with van der Waals surface area (Å²) < 4.78 is 10.6. The minimum Gasteiger partial charge on any atom is -0.466 e. The Hall–Kier alpha value is -2.41. The predicted octanol–water partition coefficient (Wildman–Crippen LogP) is 2.95. The van der Waals surface area contributed by atoms with Crippen molar-refractivity contribution < 1.29 is 13.7 Å². The maximum atomic E-state index is 11.8. The van der Waals surface area contributed by atoms with Crippen molar-refractivity contribution in [2.75, 3.05) is 0 Å². The number of carbonyl (C=O) groups excluding carboxylic acids is 1. The van der Waals surface area contributed by atoms with Crippen LogP contribution in [0.15, 0.2) is 37.9 Å². The van der Waals surface area contributed by atoms with Gasteiger partial charge in [0.05, 0.1) is 12.1 Å². The number of thiophene rings is 1. The van der Waals surface area contributed by atoms with Gasteiger partial charge in [-0.05, 0) is 30.5 Å². The van der Waals surface area contributed by atoms with Gasteiger partial charge in [0, 0.05) is 18.2 Å². The van der Waals surface area contributed by atoms with Gasteiger partial charge in [-0.2, -0.15) is 16.3 Å². The van der Waals surface area contributed by atoms with Crippen molar-refractivity contribution in [3.05, 3.63) is 46.3 Å². The fourth-order valence-corrected chi connectivity index (χ4v) is 2.58. The number of aromatic nitrogens is 2. The number of amides is 1. The number of hydrogen-bond donors (Lipinski definition) is 1. The molecule has 1 N–H and O–H groups in total. The van der Waals surface area contributed by atoms with Crippen LogP contribution in [0.5, 0.6) is 0 Å². The van der Waals surface area contributed by atoms with E-state index in [1.165, 1.54) is 0 Å². The Kier molecular flexibility index (Phi) is 4.34. The molecule has 0 aliphatic carbocycles. The van der Waals surface area contributed by atoms with E-state index >= 15 is 0 Å². The number of hydrogen-bond acceptors (Lipinski definition) is 6. The van der Waals surface area contributed by atoms with Gasteiger partial charge in [-0.15, -0.1) is 0 Å².